The number of thioether (sulfide) groups is 1. The van der Waals surface area contributed by atoms with Crippen LogP contribution in [0.4, 0.5) is 5.69 Å². The molecule has 1 saturated heterocycles. The Kier molecular flexibility index (Phi) is 7.95. The molecule has 2 heterocycles. The third kappa shape index (κ3) is 5.34. The number of pyridine rings is 1. The summed E-state index contributed by atoms with van der Waals surface area (Å²) < 4.78 is 16.6. The second kappa shape index (κ2) is 11.7. The molecule has 1 aliphatic heterocycles. The standard InChI is InChI=1S/C32H27N3O5S/c1-19-10-12-22(13-11-19)35-29(36)17-28(32(35)37)41-31-24(18-33)23(16-25(34-31)20-8-6-5-7-9-20)21-14-26(38-2)30(40-4)27(15-21)39-3/h5-16,28H,17H2,1-4H3. The van der Waals surface area contributed by atoms with E-state index in [2.05, 4.69) is 6.07 Å². The molecule has 3 aromatic carbocycles. The summed E-state index contributed by atoms with van der Waals surface area (Å²) in [5.41, 5.74) is 4.50. The lowest BCUT2D eigenvalue weighted by Gasteiger charge is -2.18. The Hall–Kier alpha value is -4.81. The number of nitrogens with zero attached hydrogens (tertiary/aromatic N) is 3. The Morgan fingerprint density at radius 3 is 2.15 bits per heavy atom. The number of benzene rings is 3. The molecule has 2 amide bonds. The van der Waals surface area contributed by atoms with Crippen molar-refractivity contribution in [1.82, 2.24) is 4.98 Å². The van der Waals surface area contributed by atoms with E-state index in [1.165, 1.54) is 26.2 Å². The second-order valence-corrected chi connectivity index (χ2v) is 10.5. The first-order chi connectivity index (χ1) is 19.9. The third-order valence-electron chi connectivity index (χ3n) is 6.79. The van der Waals surface area contributed by atoms with Gasteiger partial charge in [-0.25, -0.2) is 9.88 Å². The van der Waals surface area contributed by atoms with Gasteiger partial charge in [0.15, 0.2) is 11.5 Å². The molecule has 4 aromatic rings. The van der Waals surface area contributed by atoms with Gasteiger partial charge in [0.1, 0.15) is 11.1 Å². The van der Waals surface area contributed by atoms with Crippen LogP contribution in [0.25, 0.3) is 22.4 Å². The molecule has 206 valence electrons. The number of nitriles is 1. The zero-order chi connectivity index (χ0) is 29.1. The monoisotopic (exact) mass is 565 g/mol. The van der Waals surface area contributed by atoms with Crippen LogP contribution >= 0.6 is 11.8 Å². The van der Waals surface area contributed by atoms with Gasteiger partial charge in [-0.1, -0.05) is 59.8 Å². The van der Waals surface area contributed by atoms with Crippen molar-refractivity contribution in [3.8, 4) is 45.7 Å². The van der Waals surface area contributed by atoms with Gasteiger partial charge in [0.05, 0.1) is 43.5 Å². The van der Waals surface area contributed by atoms with Gasteiger partial charge in [0.25, 0.3) is 0 Å². The summed E-state index contributed by atoms with van der Waals surface area (Å²) in [4.78, 5) is 32.5. The van der Waals surface area contributed by atoms with E-state index >= 15 is 0 Å². The smallest absolute Gasteiger partial charge is 0.247 e. The van der Waals surface area contributed by atoms with E-state index in [-0.39, 0.29) is 23.8 Å². The normalized spacial score (nSPS) is 14.6. The van der Waals surface area contributed by atoms with E-state index < -0.39 is 5.25 Å². The van der Waals surface area contributed by atoms with Crippen LogP contribution in [0, 0.1) is 18.3 Å². The molecule has 1 aliphatic rings. The molecule has 41 heavy (non-hydrogen) atoms. The van der Waals surface area contributed by atoms with E-state index in [4.69, 9.17) is 19.2 Å². The zero-order valence-corrected chi connectivity index (χ0v) is 23.8. The molecule has 5 rings (SSSR count). The summed E-state index contributed by atoms with van der Waals surface area (Å²) in [6.07, 6.45) is -0.000988. The predicted octanol–water partition coefficient (Wildman–Crippen LogP) is 6.05. The van der Waals surface area contributed by atoms with Gasteiger partial charge in [0, 0.05) is 17.5 Å². The highest BCUT2D eigenvalue weighted by atomic mass is 32.2. The van der Waals surface area contributed by atoms with Crippen LogP contribution in [0.3, 0.4) is 0 Å². The Balaban J connectivity index is 1.63. The number of carbonyl (C=O) groups is 2. The number of rotatable bonds is 8. The van der Waals surface area contributed by atoms with E-state index in [0.29, 0.717) is 44.8 Å². The van der Waals surface area contributed by atoms with E-state index in [9.17, 15) is 14.9 Å². The van der Waals surface area contributed by atoms with E-state index in [1.807, 2.05) is 55.5 Å². The molecule has 0 aliphatic carbocycles. The molecule has 0 spiro atoms. The van der Waals surface area contributed by atoms with Crippen molar-refractivity contribution in [2.45, 2.75) is 23.6 Å². The number of imide groups is 1. The van der Waals surface area contributed by atoms with Gasteiger partial charge < -0.3 is 14.2 Å². The Morgan fingerprint density at radius 1 is 0.902 bits per heavy atom. The first-order valence-electron chi connectivity index (χ1n) is 12.8. The number of ether oxygens (including phenoxy) is 3. The van der Waals surface area contributed by atoms with Crippen molar-refractivity contribution in [2.75, 3.05) is 26.2 Å². The summed E-state index contributed by atoms with van der Waals surface area (Å²) in [5, 5.41) is 9.99. The van der Waals surface area contributed by atoms with Crippen LogP contribution in [-0.4, -0.2) is 43.4 Å². The predicted molar refractivity (Wildman–Crippen MR) is 157 cm³/mol. The van der Waals surface area contributed by atoms with Crippen molar-refractivity contribution < 1.29 is 23.8 Å². The fourth-order valence-electron chi connectivity index (χ4n) is 4.73. The molecule has 1 unspecified atom stereocenters. The maximum atomic E-state index is 13.5. The van der Waals surface area contributed by atoms with Crippen LogP contribution in [0.2, 0.25) is 0 Å². The molecule has 1 aromatic heterocycles. The molecule has 0 saturated carbocycles. The Bertz CT molecular complexity index is 1640. The summed E-state index contributed by atoms with van der Waals surface area (Å²) in [5.74, 6) is 0.662. The highest BCUT2D eigenvalue weighted by Gasteiger charge is 2.41. The summed E-state index contributed by atoms with van der Waals surface area (Å²) >= 11 is 1.13. The summed E-state index contributed by atoms with van der Waals surface area (Å²) in [6, 6.07) is 24.5. The van der Waals surface area contributed by atoms with Gasteiger partial charge in [-0.05, 0) is 42.8 Å². The lowest BCUT2D eigenvalue weighted by Crippen LogP contribution is -2.31. The zero-order valence-electron chi connectivity index (χ0n) is 23.0. The molecule has 9 heteroatoms. The minimum absolute atomic E-state index is 0.000988. The number of amides is 2. The average molecular weight is 566 g/mol. The molecule has 0 radical (unpaired) electrons. The fraction of sp³-hybridized carbons (Fsp3) is 0.188. The fourth-order valence-corrected chi connectivity index (χ4v) is 5.86. The molecule has 0 N–H and O–H groups in total. The first kappa shape index (κ1) is 27.7. The SMILES string of the molecule is COc1cc(-c2cc(-c3ccccc3)nc(SC3CC(=O)N(c4ccc(C)cc4)C3=O)c2C#N)cc(OC)c1OC. The highest BCUT2D eigenvalue weighted by molar-refractivity contribution is 8.00. The third-order valence-corrected chi connectivity index (χ3v) is 7.97. The summed E-state index contributed by atoms with van der Waals surface area (Å²) in [7, 11) is 4.57. The van der Waals surface area contributed by atoms with Gasteiger partial charge in [0.2, 0.25) is 17.6 Å². The number of hydrogen-bond donors (Lipinski definition) is 0. The molecule has 1 atom stereocenters. The van der Waals surface area contributed by atoms with Crippen molar-refractivity contribution >= 4 is 29.3 Å². The minimum Gasteiger partial charge on any atom is -0.493 e. The van der Waals surface area contributed by atoms with Crippen LogP contribution in [-0.2, 0) is 9.59 Å². The second-order valence-electron chi connectivity index (χ2n) is 9.34. The molecular formula is C32H27N3O5S. The van der Waals surface area contributed by atoms with Crippen molar-refractivity contribution in [2.24, 2.45) is 0 Å². The maximum absolute atomic E-state index is 13.5. The lowest BCUT2D eigenvalue weighted by atomic mass is 9.98. The number of methoxy groups -OCH3 is 3. The molecule has 1 fully saturated rings. The maximum Gasteiger partial charge on any atom is 0.247 e. The van der Waals surface area contributed by atoms with Crippen LogP contribution in [0.5, 0.6) is 17.2 Å². The first-order valence-corrected chi connectivity index (χ1v) is 13.7. The highest BCUT2D eigenvalue weighted by Crippen LogP contribution is 2.44. The summed E-state index contributed by atoms with van der Waals surface area (Å²) in [6.45, 7) is 1.94. The van der Waals surface area contributed by atoms with Gasteiger partial charge in [-0.15, -0.1) is 0 Å². The Labute approximate surface area is 242 Å². The lowest BCUT2D eigenvalue weighted by molar-refractivity contribution is -0.121. The van der Waals surface area contributed by atoms with Crippen molar-refractivity contribution in [1.29, 1.82) is 5.26 Å². The average Bonchev–Trinajstić information content (AvgIpc) is 3.28. The van der Waals surface area contributed by atoms with Crippen LogP contribution in [0.15, 0.2) is 77.8 Å². The molecule has 0 bridgehead atoms. The topological polar surface area (TPSA) is 102 Å². The van der Waals surface area contributed by atoms with Gasteiger partial charge in [-0.2, -0.15) is 5.26 Å². The van der Waals surface area contributed by atoms with E-state index in [0.717, 1.165) is 22.9 Å². The number of hydrogen-bond acceptors (Lipinski definition) is 8. The minimum atomic E-state index is -0.734. The van der Waals surface area contributed by atoms with Crippen LogP contribution < -0.4 is 19.1 Å². The quantitative estimate of drug-likeness (QED) is 0.238. The van der Waals surface area contributed by atoms with Crippen molar-refractivity contribution in [3.63, 3.8) is 0 Å². The van der Waals surface area contributed by atoms with Gasteiger partial charge >= 0.3 is 0 Å². The number of anilines is 1. The van der Waals surface area contributed by atoms with Crippen molar-refractivity contribution in [3.05, 3.63) is 83.9 Å². The largest absolute Gasteiger partial charge is 0.493 e. The van der Waals surface area contributed by atoms with E-state index in [1.54, 1.807) is 24.3 Å². The molecular weight excluding hydrogens is 538 g/mol. The van der Waals surface area contributed by atoms with Crippen LogP contribution in [0.1, 0.15) is 17.5 Å². The Morgan fingerprint density at radius 2 is 1.56 bits per heavy atom. The number of aromatic nitrogens is 1. The van der Waals surface area contributed by atoms with Gasteiger partial charge in [-0.3, -0.25) is 9.59 Å². The number of aryl methyl sites for hydroxylation is 1. The molecule has 8 nitrogen and oxygen atoms in total. The number of carbonyl (C=O) groups excluding carboxylic acids is 2.